The molecule has 2 aromatic heterocycles. The lowest BCUT2D eigenvalue weighted by molar-refractivity contribution is -0.0412. The van der Waals surface area contributed by atoms with Crippen molar-refractivity contribution in [2.45, 2.75) is 31.0 Å². The molecule has 3 heterocycles. The van der Waals surface area contributed by atoms with Gasteiger partial charge in [0.2, 0.25) is 0 Å². The first-order valence-electron chi connectivity index (χ1n) is 7.66. The van der Waals surface area contributed by atoms with E-state index in [0.29, 0.717) is 6.42 Å². The molecule has 3 rings (SSSR count). The Kier molecular flexibility index (Phi) is 4.42. The lowest BCUT2D eigenvalue weighted by Gasteiger charge is -2.18. The molecule has 9 heteroatoms. The first-order chi connectivity index (χ1) is 11.2. The van der Waals surface area contributed by atoms with Gasteiger partial charge in [0.15, 0.2) is 11.9 Å². The van der Waals surface area contributed by atoms with Crippen molar-refractivity contribution in [1.82, 2.24) is 14.5 Å². The van der Waals surface area contributed by atoms with Crippen LogP contribution in [-0.4, -0.2) is 68.9 Å². The Morgan fingerprint density at radius 2 is 2.12 bits per heavy atom. The zero-order valence-corrected chi connectivity index (χ0v) is 14.5. The summed E-state index contributed by atoms with van der Waals surface area (Å²) in [6.45, 7) is 2.87. The van der Waals surface area contributed by atoms with Gasteiger partial charge in [-0.2, -0.15) is 9.37 Å². The highest BCUT2D eigenvalue weighted by atomic mass is 31.2. The van der Waals surface area contributed by atoms with E-state index in [2.05, 4.69) is 29.6 Å². The van der Waals surface area contributed by atoms with Crippen LogP contribution in [-0.2, 0) is 4.74 Å². The fraction of sp³-hybridized carbons (Fsp3) is 0.533. The highest BCUT2D eigenvalue weighted by Gasteiger charge is 2.45. The Balaban J connectivity index is 1.92. The summed E-state index contributed by atoms with van der Waals surface area (Å²) in [5.74, 6) is 0. The number of halogens is 1. The van der Waals surface area contributed by atoms with Crippen LogP contribution in [0.2, 0.25) is 0 Å². The summed E-state index contributed by atoms with van der Waals surface area (Å²) in [7, 11) is 0. The Labute approximate surface area is 139 Å². The van der Waals surface area contributed by atoms with Crippen molar-refractivity contribution >= 4 is 30.0 Å². The van der Waals surface area contributed by atoms with Gasteiger partial charge in [-0.15, -0.1) is 13.2 Å². The molecule has 4 atom stereocenters. The molecule has 0 radical (unpaired) electrons. The summed E-state index contributed by atoms with van der Waals surface area (Å²) in [6, 6.07) is 1.52. The van der Waals surface area contributed by atoms with Gasteiger partial charge in [-0.05, 0) is 32.0 Å². The maximum Gasteiger partial charge on any atom is 0.293 e. The van der Waals surface area contributed by atoms with Gasteiger partial charge in [0.1, 0.15) is 17.7 Å². The molecular formula is C15H22FN4O3P. The van der Waals surface area contributed by atoms with Crippen LogP contribution in [0.5, 0.6) is 0 Å². The number of nitrogen functional groups attached to an aromatic ring is 1. The minimum atomic E-state index is -1.29. The minimum absolute atomic E-state index is 0.175. The van der Waals surface area contributed by atoms with Gasteiger partial charge in [0.25, 0.3) is 6.08 Å². The average molecular weight is 356 g/mol. The SMILES string of the molecule is C=P(C)(C)CC[C@H]1O[C@@H](n2c(F)nc3c(N)ccnc32)[C@H](O)[C@@H]1O. The summed E-state index contributed by atoms with van der Waals surface area (Å²) < 4.78 is 21.1. The van der Waals surface area contributed by atoms with Crippen LogP contribution in [0.15, 0.2) is 12.3 Å². The summed E-state index contributed by atoms with van der Waals surface area (Å²) in [5.41, 5.74) is 6.44. The van der Waals surface area contributed by atoms with E-state index in [-0.39, 0.29) is 16.9 Å². The predicted octanol–water partition coefficient (Wildman–Crippen LogP) is 0.871. The lowest BCUT2D eigenvalue weighted by atomic mass is 10.1. The number of ether oxygens (including phenoxy) is 1. The highest BCUT2D eigenvalue weighted by Crippen LogP contribution is 2.40. The molecule has 0 bridgehead atoms. The molecule has 24 heavy (non-hydrogen) atoms. The first-order valence-corrected chi connectivity index (χ1v) is 10.7. The third-order valence-corrected chi connectivity index (χ3v) is 5.65. The Hall–Kier alpha value is -1.47. The van der Waals surface area contributed by atoms with Gasteiger partial charge >= 0.3 is 0 Å². The van der Waals surface area contributed by atoms with E-state index in [4.69, 9.17) is 10.5 Å². The van der Waals surface area contributed by atoms with Gasteiger partial charge < -0.3 is 20.7 Å². The molecule has 0 amide bonds. The molecular weight excluding hydrogens is 334 g/mol. The first kappa shape index (κ1) is 17.4. The molecule has 0 spiro atoms. The van der Waals surface area contributed by atoms with E-state index >= 15 is 0 Å². The van der Waals surface area contributed by atoms with E-state index in [1.165, 1.54) is 12.3 Å². The number of hydrogen-bond donors (Lipinski definition) is 3. The van der Waals surface area contributed by atoms with Crippen molar-refractivity contribution in [3.63, 3.8) is 0 Å². The molecule has 0 unspecified atom stereocenters. The van der Waals surface area contributed by atoms with Gasteiger partial charge in [-0.1, -0.05) is 0 Å². The van der Waals surface area contributed by atoms with Crippen molar-refractivity contribution in [3.05, 3.63) is 18.3 Å². The number of nitrogens with zero attached hydrogens (tertiary/aromatic N) is 3. The third kappa shape index (κ3) is 3.07. The molecule has 2 aromatic rings. The topological polar surface area (TPSA) is 106 Å². The van der Waals surface area contributed by atoms with Crippen LogP contribution < -0.4 is 5.73 Å². The molecule has 0 aromatic carbocycles. The minimum Gasteiger partial charge on any atom is -0.397 e. The van der Waals surface area contributed by atoms with E-state index < -0.39 is 37.5 Å². The zero-order valence-electron chi connectivity index (χ0n) is 13.6. The maximum atomic E-state index is 14.3. The Morgan fingerprint density at radius 3 is 2.79 bits per heavy atom. The highest BCUT2D eigenvalue weighted by molar-refractivity contribution is 7.72. The number of aromatic nitrogens is 3. The smallest absolute Gasteiger partial charge is 0.293 e. The fourth-order valence-electron chi connectivity index (χ4n) is 2.87. The third-order valence-electron chi connectivity index (χ3n) is 4.18. The maximum absolute atomic E-state index is 14.3. The second-order valence-electron chi connectivity index (χ2n) is 6.82. The molecule has 7 nitrogen and oxygen atoms in total. The van der Waals surface area contributed by atoms with E-state index in [0.717, 1.165) is 10.7 Å². The number of pyridine rings is 1. The van der Waals surface area contributed by atoms with Gasteiger partial charge in [-0.25, -0.2) is 4.98 Å². The quantitative estimate of drug-likeness (QED) is 0.702. The molecule has 1 fully saturated rings. The number of fused-ring (bicyclic) bond motifs is 1. The molecule has 4 N–H and O–H groups in total. The standard InChI is InChI=1S/C15H22FN4O3P/c1-24(2,3)7-5-9-11(21)12(22)14(23-9)20-13-10(19-15(20)16)8(17)4-6-18-13/h4,6,9,11-12,14,21-22H,1,5,7H2,2-3H3,(H2,17,18)/t9-,11-,12-,14-/m1/s1. The number of aliphatic hydroxyl groups excluding tert-OH is 2. The van der Waals surface area contributed by atoms with Crippen LogP contribution in [0, 0.1) is 6.08 Å². The van der Waals surface area contributed by atoms with Gasteiger partial charge in [-0.3, -0.25) is 4.57 Å². The number of aliphatic hydroxyl groups is 2. The number of anilines is 1. The van der Waals surface area contributed by atoms with Crippen molar-refractivity contribution in [2.24, 2.45) is 0 Å². The van der Waals surface area contributed by atoms with Crippen LogP contribution in [0.1, 0.15) is 12.6 Å². The molecule has 0 saturated carbocycles. The van der Waals surface area contributed by atoms with Crippen molar-refractivity contribution in [3.8, 4) is 0 Å². The van der Waals surface area contributed by atoms with Crippen molar-refractivity contribution in [1.29, 1.82) is 0 Å². The van der Waals surface area contributed by atoms with Crippen molar-refractivity contribution < 1.29 is 19.3 Å². The largest absolute Gasteiger partial charge is 0.397 e. The van der Waals surface area contributed by atoms with E-state index in [1.807, 2.05) is 0 Å². The van der Waals surface area contributed by atoms with E-state index in [9.17, 15) is 14.6 Å². The fourth-order valence-corrected chi connectivity index (χ4v) is 3.82. The van der Waals surface area contributed by atoms with Crippen molar-refractivity contribution in [2.75, 3.05) is 25.2 Å². The molecule has 1 aliphatic heterocycles. The zero-order chi connectivity index (χ0) is 17.6. The summed E-state index contributed by atoms with van der Waals surface area (Å²) in [4.78, 5) is 7.84. The Bertz CT molecular complexity index is 805. The normalized spacial score (nSPS) is 27.9. The van der Waals surface area contributed by atoms with Crippen LogP contribution in [0.25, 0.3) is 11.2 Å². The molecule has 1 saturated heterocycles. The molecule has 0 aliphatic carbocycles. The number of hydrogen-bond acceptors (Lipinski definition) is 6. The average Bonchev–Trinajstić information content (AvgIpc) is 2.96. The lowest BCUT2D eigenvalue weighted by Crippen LogP contribution is -2.32. The van der Waals surface area contributed by atoms with Crippen LogP contribution in [0.4, 0.5) is 10.1 Å². The monoisotopic (exact) mass is 356 g/mol. The molecule has 132 valence electrons. The number of nitrogens with two attached hydrogens (primary N) is 1. The second-order valence-corrected chi connectivity index (χ2v) is 11.1. The van der Waals surface area contributed by atoms with E-state index in [1.54, 1.807) is 0 Å². The van der Waals surface area contributed by atoms with Gasteiger partial charge in [0.05, 0.1) is 11.8 Å². The van der Waals surface area contributed by atoms with Crippen LogP contribution in [0.3, 0.4) is 0 Å². The number of imidazole rings is 1. The summed E-state index contributed by atoms with van der Waals surface area (Å²) >= 11 is 0. The second kappa shape index (κ2) is 6.11. The summed E-state index contributed by atoms with van der Waals surface area (Å²) in [6.07, 6.45) is 1.94. The molecule has 1 aliphatic rings. The number of rotatable bonds is 4. The van der Waals surface area contributed by atoms with Crippen LogP contribution >= 0.6 is 6.89 Å². The predicted molar refractivity (Wildman–Crippen MR) is 93.2 cm³/mol. The Morgan fingerprint density at radius 1 is 1.42 bits per heavy atom. The van der Waals surface area contributed by atoms with Gasteiger partial charge in [0, 0.05) is 6.20 Å². The summed E-state index contributed by atoms with van der Waals surface area (Å²) in [5, 5.41) is 20.6.